The molecule has 116 valence electrons. The van der Waals surface area contributed by atoms with Crippen molar-refractivity contribution in [3.05, 3.63) is 33.9 Å². The van der Waals surface area contributed by atoms with Crippen molar-refractivity contribution in [3.63, 3.8) is 0 Å². The van der Waals surface area contributed by atoms with Crippen LogP contribution in [0.5, 0.6) is 0 Å². The summed E-state index contributed by atoms with van der Waals surface area (Å²) in [5.41, 5.74) is 0.299. The minimum Gasteiger partial charge on any atom is -0.314 e. The molecule has 0 radical (unpaired) electrons. The van der Waals surface area contributed by atoms with E-state index < -0.39 is 14.9 Å². The van der Waals surface area contributed by atoms with E-state index >= 15 is 0 Å². The number of sulfonamides is 1. The Morgan fingerprint density at radius 2 is 1.86 bits per heavy atom. The van der Waals surface area contributed by atoms with Crippen LogP contribution >= 0.6 is 0 Å². The fourth-order valence-electron chi connectivity index (χ4n) is 2.68. The first-order chi connectivity index (χ1) is 9.75. The van der Waals surface area contributed by atoms with Gasteiger partial charge in [0.1, 0.15) is 0 Å². The molecule has 2 unspecified atom stereocenters. The van der Waals surface area contributed by atoms with Crippen molar-refractivity contribution in [2.45, 2.75) is 37.8 Å². The standard InChI is InChI=1S/C13H19N3O4S/c1-9-4-5-12(16(17)18)6-13(9)21(19,20)15-10(2)7-14-8-11(15)3/h4-6,10-11,14H,7-8H2,1-3H3. The summed E-state index contributed by atoms with van der Waals surface area (Å²) in [5.74, 6) is 0. The molecule has 0 bridgehead atoms. The number of nitro benzene ring substituents is 1. The van der Waals surface area contributed by atoms with E-state index in [1.54, 1.807) is 6.92 Å². The fraction of sp³-hybridized carbons (Fsp3) is 0.538. The van der Waals surface area contributed by atoms with Crippen LogP contribution in [0.25, 0.3) is 0 Å². The molecule has 1 aliphatic rings. The van der Waals surface area contributed by atoms with Crippen molar-refractivity contribution < 1.29 is 13.3 Å². The van der Waals surface area contributed by atoms with Crippen LogP contribution in [-0.2, 0) is 10.0 Å². The highest BCUT2D eigenvalue weighted by atomic mass is 32.2. The van der Waals surface area contributed by atoms with E-state index in [-0.39, 0.29) is 22.7 Å². The first-order valence-electron chi connectivity index (χ1n) is 6.74. The zero-order valence-corrected chi connectivity index (χ0v) is 13.1. The van der Waals surface area contributed by atoms with Crippen LogP contribution in [0.4, 0.5) is 5.69 Å². The molecule has 0 spiro atoms. The average molecular weight is 313 g/mol. The summed E-state index contributed by atoms with van der Waals surface area (Å²) in [6.45, 7) is 6.43. The van der Waals surface area contributed by atoms with E-state index in [0.29, 0.717) is 18.7 Å². The summed E-state index contributed by atoms with van der Waals surface area (Å²) >= 11 is 0. The molecule has 2 atom stereocenters. The molecule has 1 fully saturated rings. The number of non-ortho nitro benzene ring substituents is 1. The Balaban J connectivity index is 2.53. The molecule has 1 aromatic carbocycles. The molecule has 1 saturated heterocycles. The maximum Gasteiger partial charge on any atom is 0.270 e. The molecular formula is C13H19N3O4S. The van der Waals surface area contributed by atoms with E-state index in [4.69, 9.17) is 0 Å². The van der Waals surface area contributed by atoms with E-state index in [9.17, 15) is 18.5 Å². The van der Waals surface area contributed by atoms with E-state index in [1.807, 2.05) is 13.8 Å². The van der Waals surface area contributed by atoms with Gasteiger partial charge in [-0.15, -0.1) is 0 Å². The number of benzene rings is 1. The lowest BCUT2D eigenvalue weighted by molar-refractivity contribution is -0.385. The van der Waals surface area contributed by atoms with Crippen LogP contribution < -0.4 is 5.32 Å². The monoisotopic (exact) mass is 313 g/mol. The van der Waals surface area contributed by atoms with Crippen molar-refractivity contribution in [2.24, 2.45) is 0 Å². The first-order valence-corrected chi connectivity index (χ1v) is 8.18. The summed E-state index contributed by atoms with van der Waals surface area (Å²) in [7, 11) is -3.76. The molecule has 21 heavy (non-hydrogen) atoms. The van der Waals surface area contributed by atoms with Gasteiger partial charge in [0.15, 0.2) is 0 Å². The van der Waals surface area contributed by atoms with Gasteiger partial charge >= 0.3 is 0 Å². The molecule has 0 aliphatic carbocycles. The smallest absolute Gasteiger partial charge is 0.270 e. The van der Waals surface area contributed by atoms with Gasteiger partial charge in [-0.1, -0.05) is 6.07 Å². The van der Waals surface area contributed by atoms with Gasteiger partial charge in [-0.25, -0.2) is 8.42 Å². The molecule has 1 heterocycles. The van der Waals surface area contributed by atoms with Crippen LogP contribution in [0.1, 0.15) is 19.4 Å². The van der Waals surface area contributed by atoms with Gasteiger partial charge in [-0.05, 0) is 26.3 Å². The molecular weight excluding hydrogens is 294 g/mol. The Morgan fingerprint density at radius 1 is 1.29 bits per heavy atom. The van der Waals surface area contributed by atoms with Crippen molar-refractivity contribution in [1.82, 2.24) is 9.62 Å². The lowest BCUT2D eigenvalue weighted by Crippen LogP contribution is -2.57. The van der Waals surface area contributed by atoms with Crippen molar-refractivity contribution in [3.8, 4) is 0 Å². The van der Waals surface area contributed by atoms with Crippen molar-refractivity contribution in [1.29, 1.82) is 0 Å². The number of rotatable bonds is 3. The highest BCUT2D eigenvalue weighted by Gasteiger charge is 2.37. The van der Waals surface area contributed by atoms with E-state index in [0.717, 1.165) is 6.07 Å². The maximum absolute atomic E-state index is 12.9. The average Bonchev–Trinajstić information content (AvgIpc) is 2.38. The molecule has 1 N–H and O–H groups in total. The third-order valence-electron chi connectivity index (χ3n) is 3.69. The molecule has 1 aromatic rings. The number of piperazine rings is 1. The highest BCUT2D eigenvalue weighted by molar-refractivity contribution is 7.89. The zero-order valence-electron chi connectivity index (χ0n) is 12.2. The van der Waals surface area contributed by atoms with E-state index in [1.165, 1.54) is 16.4 Å². The van der Waals surface area contributed by atoms with Crippen LogP contribution in [-0.4, -0.2) is 42.8 Å². The molecule has 0 aromatic heterocycles. The van der Waals surface area contributed by atoms with Crippen LogP contribution in [0.3, 0.4) is 0 Å². The van der Waals surface area contributed by atoms with Gasteiger partial charge in [0, 0.05) is 37.3 Å². The summed E-state index contributed by atoms with van der Waals surface area (Å²) < 4.78 is 27.2. The summed E-state index contributed by atoms with van der Waals surface area (Å²) in [5, 5.41) is 14.1. The number of hydrogen-bond donors (Lipinski definition) is 1. The second kappa shape index (κ2) is 5.70. The fourth-order valence-corrected chi connectivity index (χ4v) is 4.75. The Hall–Kier alpha value is -1.51. The third kappa shape index (κ3) is 2.92. The third-order valence-corrected chi connectivity index (χ3v) is 5.96. The maximum atomic E-state index is 12.9. The Morgan fingerprint density at radius 3 is 2.38 bits per heavy atom. The topological polar surface area (TPSA) is 92.5 Å². The van der Waals surface area contributed by atoms with Crippen LogP contribution in [0, 0.1) is 17.0 Å². The van der Waals surface area contributed by atoms with Gasteiger partial charge in [-0.2, -0.15) is 4.31 Å². The zero-order chi connectivity index (χ0) is 15.8. The normalized spacial score (nSPS) is 24.0. The quantitative estimate of drug-likeness (QED) is 0.670. The summed E-state index contributed by atoms with van der Waals surface area (Å²) in [4.78, 5) is 10.3. The molecule has 2 rings (SSSR count). The number of aryl methyl sites for hydroxylation is 1. The van der Waals surface area contributed by atoms with Crippen LogP contribution in [0.2, 0.25) is 0 Å². The first kappa shape index (κ1) is 15.9. The second-order valence-electron chi connectivity index (χ2n) is 5.40. The minimum absolute atomic E-state index is 0.0114. The summed E-state index contributed by atoms with van der Waals surface area (Å²) in [6, 6.07) is 3.54. The Kier molecular flexibility index (Phi) is 4.31. The van der Waals surface area contributed by atoms with Gasteiger partial charge in [0.2, 0.25) is 10.0 Å². The SMILES string of the molecule is Cc1ccc([N+](=O)[O-])cc1S(=O)(=O)N1C(C)CNCC1C. The molecule has 0 saturated carbocycles. The lowest BCUT2D eigenvalue weighted by atomic mass is 10.2. The predicted molar refractivity (Wildman–Crippen MR) is 78.7 cm³/mol. The minimum atomic E-state index is -3.76. The van der Waals surface area contributed by atoms with E-state index in [2.05, 4.69) is 5.32 Å². The number of nitrogens with zero attached hydrogens (tertiary/aromatic N) is 2. The van der Waals surface area contributed by atoms with Gasteiger partial charge in [0.05, 0.1) is 9.82 Å². The van der Waals surface area contributed by atoms with Crippen LogP contribution in [0.15, 0.2) is 23.1 Å². The molecule has 7 nitrogen and oxygen atoms in total. The van der Waals surface area contributed by atoms with Gasteiger partial charge in [0.25, 0.3) is 5.69 Å². The summed E-state index contributed by atoms with van der Waals surface area (Å²) in [6.07, 6.45) is 0. The van der Waals surface area contributed by atoms with Crippen molar-refractivity contribution >= 4 is 15.7 Å². The largest absolute Gasteiger partial charge is 0.314 e. The molecule has 0 amide bonds. The van der Waals surface area contributed by atoms with Crippen molar-refractivity contribution in [2.75, 3.05) is 13.1 Å². The number of nitro groups is 1. The van der Waals surface area contributed by atoms with Gasteiger partial charge in [-0.3, -0.25) is 10.1 Å². The Labute approximate surface area is 124 Å². The number of nitrogens with one attached hydrogen (secondary N) is 1. The van der Waals surface area contributed by atoms with Gasteiger partial charge < -0.3 is 5.32 Å². The number of hydrogen-bond acceptors (Lipinski definition) is 5. The lowest BCUT2D eigenvalue weighted by Gasteiger charge is -2.38. The predicted octanol–water partition coefficient (Wildman–Crippen LogP) is 1.27. The highest BCUT2D eigenvalue weighted by Crippen LogP contribution is 2.28. The molecule has 8 heteroatoms. The second-order valence-corrected chi connectivity index (χ2v) is 7.21. The Bertz CT molecular complexity index is 649. The molecule has 1 aliphatic heterocycles.